The van der Waals surface area contributed by atoms with Gasteiger partial charge in [-0.25, -0.2) is 9.50 Å². The van der Waals surface area contributed by atoms with Crippen molar-refractivity contribution >= 4 is 40.6 Å². The van der Waals surface area contributed by atoms with Crippen molar-refractivity contribution in [1.82, 2.24) is 19.9 Å². The van der Waals surface area contributed by atoms with Crippen LogP contribution in [0.3, 0.4) is 0 Å². The fraction of sp³-hybridized carbons (Fsp3) is 0.269. The van der Waals surface area contributed by atoms with Crippen LogP contribution in [0.25, 0.3) is 16.8 Å². The normalized spacial score (nSPS) is 16.1. The summed E-state index contributed by atoms with van der Waals surface area (Å²) in [5, 5.41) is 8.50. The molecule has 6 nitrogen and oxygen atoms in total. The topological polar surface area (TPSA) is 62.5 Å². The SMILES string of the molecule is CSc1ccc(CNC(=O)[C@@H]2CCCN(c3nccn4nc(-c5ccccc5Cl)cc34)C2)cc1. The highest BCUT2D eigenvalue weighted by Gasteiger charge is 2.28. The first-order valence-corrected chi connectivity index (χ1v) is 13.0. The van der Waals surface area contributed by atoms with Gasteiger partial charge in [0.1, 0.15) is 5.52 Å². The third-order valence-electron chi connectivity index (χ3n) is 6.24. The van der Waals surface area contributed by atoms with Crippen LogP contribution in [-0.2, 0) is 11.3 Å². The van der Waals surface area contributed by atoms with Crippen LogP contribution >= 0.6 is 23.4 Å². The number of nitrogens with one attached hydrogen (secondary N) is 1. The molecule has 3 heterocycles. The lowest BCUT2D eigenvalue weighted by atomic mass is 9.97. The Balaban J connectivity index is 1.31. The molecule has 34 heavy (non-hydrogen) atoms. The zero-order chi connectivity index (χ0) is 23.5. The first-order chi connectivity index (χ1) is 16.6. The lowest BCUT2D eigenvalue weighted by molar-refractivity contribution is -0.125. The van der Waals surface area contributed by atoms with Crippen molar-refractivity contribution in [2.24, 2.45) is 5.92 Å². The van der Waals surface area contributed by atoms with E-state index >= 15 is 0 Å². The van der Waals surface area contributed by atoms with E-state index in [9.17, 15) is 4.79 Å². The van der Waals surface area contributed by atoms with E-state index in [4.69, 9.17) is 16.7 Å². The number of piperidine rings is 1. The van der Waals surface area contributed by atoms with Crippen molar-refractivity contribution < 1.29 is 4.79 Å². The molecule has 0 spiro atoms. The van der Waals surface area contributed by atoms with Gasteiger partial charge in [0, 0.05) is 42.5 Å². The first-order valence-electron chi connectivity index (χ1n) is 11.4. The second-order valence-electron chi connectivity index (χ2n) is 8.44. The predicted molar refractivity (Wildman–Crippen MR) is 138 cm³/mol. The fourth-order valence-corrected chi connectivity index (χ4v) is 5.05. The molecule has 2 aromatic heterocycles. The van der Waals surface area contributed by atoms with Crippen LogP contribution < -0.4 is 10.2 Å². The van der Waals surface area contributed by atoms with Gasteiger partial charge >= 0.3 is 0 Å². The number of carbonyl (C=O) groups excluding carboxylic acids is 1. The second kappa shape index (κ2) is 10.1. The molecule has 0 saturated carbocycles. The number of hydrogen-bond acceptors (Lipinski definition) is 5. The summed E-state index contributed by atoms with van der Waals surface area (Å²) in [6.45, 7) is 2.04. The molecule has 1 aliphatic rings. The Morgan fingerprint density at radius 3 is 2.82 bits per heavy atom. The summed E-state index contributed by atoms with van der Waals surface area (Å²) in [5.74, 6) is 0.863. The molecule has 1 atom stereocenters. The molecule has 5 rings (SSSR count). The minimum absolute atomic E-state index is 0.0766. The van der Waals surface area contributed by atoms with E-state index in [1.165, 1.54) is 4.90 Å². The van der Waals surface area contributed by atoms with Crippen molar-refractivity contribution in [3.05, 3.63) is 77.6 Å². The molecule has 174 valence electrons. The highest BCUT2D eigenvalue weighted by atomic mass is 35.5. The molecule has 2 aromatic carbocycles. The lowest BCUT2D eigenvalue weighted by Crippen LogP contribution is -2.43. The van der Waals surface area contributed by atoms with Gasteiger partial charge in [0.25, 0.3) is 0 Å². The maximum absolute atomic E-state index is 13.0. The van der Waals surface area contributed by atoms with Gasteiger partial charge in [0.2, 0.25) is 5.91 Å². The number of anilines is 1. The van der Waals surface area contributed by atoms with Crippen molar-refractivity contribution in [1.29, 1.82) is 0 Å². The largest absolute Gasteiger partial charge is 0.354 e. The molecule has 1 aliphatic heterocycles. The smallest absolute Gasteiger partial charge is 0.225 e. The van der Waals surface area contributed by atoms with Crippen molar-refractivity contribution in [3.8, 4) is 11.3 Å². The minimum atomic E-state index is -0.0766. The Labute approximate surface area is 208 Å². The average Bonchev–Trinajstić information content (AvgIpc) is 3.32. The number of thioether (sulfide) groups is 1. The number of nitrogens with zero attached hydrogens (tertiary/aromatic N) is 4. The molecular weight excluding hydrogens is 466 g/mol. The van der Waals surface area contributed by atoms with Gasteiger partial charge in [-0.3, -0.25) is 4.79 Å². The summed E-state index contributed by atoms with van der Waals surface area (Å²) in [5.41, 5.74) is 3.71. The fourth-order valence-electron chi connectivity index (χ4n) is 4.41. The standard InChI is InChI=1S/C26H26ClN5OS/c1-34-20-10-8-18(9-11-20)16-29-26(33)19-5-4-13-31(17-19)25-24-15-23(30-32(24)14-12-28-25)21-6-2-3-7-22(21)27/h2-3,6-12,14-15,19H,4-5,13,16-17H2,1H3,(H,29,33)/t19-/m1/s1. The van der Waals surface area contributed by atoms with E-state index in [1.54, 1.807) is 18.0 Å². The number of carbonyl (C=O) groups is 1. The van der Waals surface area contributed by atoms with Gasteiger partial charge < -0.3 is 10.2 Å². The molecule has 0 radical (unpaired) electrons. The molecular formula is C26H26ClN5OS. The van der Waals surface area contributed by atoms with E-state index in [2.05, 4.69) is 45.7 Å². The van der Waals surface area contributed by atoms with Crippen molar-refractivity contribution in [2.75, 3.05) is 24.2 Å². The number of aromatic nitrogens is 3. The molecule has 1 N–H and O–H groups in total. The van der Waals surface area contributed by atoms with Gasteiger partial charge in [-0.15, -0.1) is 11.8 Å². The van der Waals surface area contributed by atoms with Crippen LogP contribution in [-0.4, -0.2) is 39.9 Å². The van der Waals surface area contributed by atoms with Gasteiger partial charge in [-0.05, 0) is 48.9 Å². The monoisotopic (exact) mass is 491 g/mol. The van der Waals surface area contributed by atoms with Crippen LogP contribution in [0.15, 0.2) is 71.9 Å². The third-order valence-corrected chi connectivity index (χ3v) is 7.31. The van der Waals surface area contributed by atoms with Gasteiger partial charge in [-0.1, -0.05) is 41.9 Å². The predicted octanol–water partition coefficient (Wildman–Crippen LogP) is 5.30. The van der Waals surface area contributed by atoms with Crippen molar-refractivity contribution in [2.45, 2.75) is 24.3 Å². The van der Waals surface area contributed by atoms with Crippen LogP contribution in [0, 0.1) is 5.92 Å². The van der Waals surface area contributed by atoms with Crippen LogP contribution in [0.2, 0.25) is 5.02 Å². The lowest BCUT2D eigenvalue weighted by Gasteiger charge is -2.33. The highest BCUT2D eigenvalue weighted by Crippen LogP contribution is 2.31. The molecule has 4 aromatic rings. The first kappa shape index (κ1) is 22.7. The Kier molecular flexibility index (Phi) is 6.74. The average molecular weight is 492 g/mol. The van der Waals surface area contributed by atoms with E-state index in [1.807, 2.05) is 41.0 Å². The van der Waals surface area contributed by atoms with E-state index in [0.717, 1.165) is 47.5 Å². The van der Waals surface area contributed by atoms with Crippen molar-refractivity contribution in [3.63, 3.8) is 0 Å². The summed E-state index contributed by atoms with van der Waals surface area (Å²) in [6.07, 6.45) is 7.47. The maximum Gasteiger partial charge on any atom is 0.225 e. The molecule has 0 aliphatic carbocycles. The number of amides is 1. The Morgan fingerprint density at radius 2 is 2.03 bits per heavy atom. The number of hydrogen-bond donors (Lipinski definition) is 1. The third kappa shape index (κ3) is 4.76. The summed E-state index contributed by atoms with van der Waals surface area (Å²) in [6, 6.07) is 18.0. The molecule has 8 heteroatoms. The summed E-state index contributed by atoms with van der Waals surface area (Å²) >= 11 is 8.11. The van der Waals surface area contributed by atoms with E-state index in [-0.39, 0.29) is 11.8 Å². The van der Waals surface area contributed by atoms with E-state index < -0.39 is 0 Å². The molecule has 1 fully saturated rings. The number of benzene rings is 2. The van der Waals surface area contributed by atoms with Crippen LogP contribution in [0.1, 0.15) is 18.4 Å². The highest BCUT2D eigenvalue weighted by molar-refractivity contribution is 7.98. The zero-order valence-corrected chi connectivity index (χ0v) is 20.5. The van der Waals surface area contributed by atoms with Gasteiger partial charge in [0.15, 0.2) is 5.82 Å². The Bertz CT molecular complexity index is 1310. The molecule has 1 saturated heterocycles. The summed E-state index contributed by atoms with van der Waals surface area (Å²) < 4.78 is 1.84. The molecule has 1 amide bonds. The minimum Gasteiger partial charge on any atom is -0.354 e. The zero-order valence-electron chi connectivity index (χ0n) is 18.9. The van der Waals surface area contributed by atoms with E-state index in [0.29, 0.717) is 18.1 Å². The summed E-state index contributed by atoms with van der Waals surface area (Å²) in [7, 11) is 0. The molecule has 0 unspecified atom stereocenters. The maximum atomic E-state index is 13.0. The number of fused-ring (bicyclic) bond motifs is 1. The van der Waals surface area contributed by atoms with Crippen LogP contribution in [0.4, 0.5) is 5.82 Å². The van der Waals surface area contributed by atoms with Gasteiger partial charge in [-0.2, -0.15) is 5.10 Å². The summed E-state index contributed by atoms with van der Waals surface area (Å²) in [4.78, 5) is 21.1. The molecule has 0 bridgehead atoms. The quantitative estimate of drug-likeness (QED) is 0.370. The Hall–Kier alpha value is -3.03. The Morgan fingerprint density at radius 1 is 1.21 bits per heavy atom. The number of rotatable bonds is 6. The van der Waals surface area contributed by atoms with Gasteiger partial charge in [0.05, 0.1) is 16.6 Å². The van der Waals surface area contributed by atoms with Crippen LogP contribution in [0.5, 0.6) is 0 Å². The second-order valence-corrected chi connectivity index (χ2v) is 9.73. The number of halogens is 1.